The van der Waals surface area contributed by atoms with Gasteiger partial charge in [-0.15, -0.1) is 0 Å². The maximum atomic E-state index is 13.9. The van der Waals surface area contributed by atoms with Crippen molar-refractivity contribution in [3.05, 3.63) is 29.8 Å². The molecule has 7 fully saturated rings. The molecule has 12 nitrogen and oxygen atoms in total. The van der Waals surface area contributed by atoms with Gasteiger partial charge < -0.3 is 39.2 Å². The van der Waals surface area contributed by atoms with Gasteiger partial charge in [0, 0.05) is 82.3 Å². The van der Waals surface area contributed by atoms with E-state index in [4.69, 9.17) is 23.7 Å². The Bertz CT molecular complexity index is 1510. The molecule has 1 aromatic rings. The first-order valence-electron chi connectivity index (χ1n) is 16.9. The monoisotopic (exact) mass is 654 g/mol. The second kappa shape index (κ2) is 10.5. The molecule has 2 heterocycles. The molecule has 7 aliphatic rings. The van der Waals surface area contributed by atoms with E-state index >= 15 is 0 Å². The van der Waals surface area contributed by atoms with Crippen molar-refractivity contribution in [2.24, 2.45) is 40.4 Å². The largest absolute Gasteiger partial charge is 0.461 e. The van der Waals surface area contributed by atoms with Crippen molar-refractivity contribution < 1.29 is 48.3 Å². The summed E-state index contributed by atoms with van der Waals surface area (Å²) in [7, 11) is 6.62. The molecule has 0 aromatic heterocycles. The zero-order valence-corrected chi connectivity index (χ0v) is 27.6. The minimum atomic E-state index is -1.71. The number of anilines is 1. The highest BCUT2D eigenvalue weighted by molar-refractivity contribution is 6.22. The van der Waals surface area contributed by atoms with E-state index < -0.39 is 46.1 Å². The van der Waals surface area contributed by atoms with Gasteiger partial charge in [0.15, 0.2) is 0 Å². The fraction of sp³-hybridized carbons (Fsp3) is 0.743. The third-order valence-electron chi connectivity index (χ3n) is 13.9. The summed E-state index contributed by atoms with van der Waals surface area (Å²) in [5, 5.41) is 29.7. The molecule has 14 atom stereocenters. The standard InChI is InChI=1S/C35H46N2O10/c1-17-12-24(38)37(29(17)39)21-9-7-6-8-18(21)30(40)47-16-32-11-10-23(44-3)34-20-13-19-22(43-2)14-33(41,25(20)26(19)45-4)35(42,31(34)36-15-32)28(46-5)27(32)34/h6-9,17,19-20,22-23,25-28,31,36,41-42H,10-16H2,1-5H3. The predicted molar refractivity (Wildman–Crippen MR) is 165 cm³/mol. The van der Waals surface area contributed by atoms with Crippen LogP contribution in [0, 0.1) is 40.4 Å². The first kappa shape index (κ1) is 31.8. The van der Waals surface area contributed by atoms with E-state index in [1.54, 1.807) is 59.6 Å². The Balaban J connectivity index is 1.20. The van der Waals surface area contributed by atoms with Crippen LogP contribution in [0.25, 0.3) is 0 Å². The van der Waals surface area contributed by atoms with Crippen LogP contribution in [-0.2, 0) is 33.3 Å². The Morgan fingerprint density at radius 3 is 2.49 bits per heavy atom. The Morgan fingerprint density at radius 2 is 1.83 bits per heavy atom. The molecule has 8 rings (SSSR count). The molecular weight excluding hydrogens is 608 g/mol. The van der Waals surface area contributed by atoms with Crippen LogP contribution in [0.1, 0.15) is 49.4 Å². The number of imide groups is 1. The van der Waals surface area contributed by atoms with Crippen molar-refractivity contribution in [1.29, 1.82) is 0 Å². The second-order valence-electron chi connectivity index (χ2n) is 15.3. The van der Waals surface area contributed by atoms with Gasteiger partial charge in [0.1, 0.15) is 11.2 Å². The van der Waals surface area contributed by atoms with Crippen molar-refractivity contribution in [2.45, 2.75) is 80.7 Å². The smallest absolute Gasteiger partial charge is 0.340 e. The van der Waals surface area contributed by atoms with Crippen LogP contribution in [0.4, 0.5) is 5.69 Å². The van der Waals surface area contributed by atoms with Crippen molar-refractivity contribution in [3.8, 4) is 0 Å². The van der Waals surface area contributed by atoms with Crippen molar-refractivity contribution in [1.82, 2.24) is 5.32 Å². The first-order chi connectivity index (χ1) is 22.5. The maximum absolute atomic E-state index is 13.9. The molecule has 5 saturated carbocycles. The number of hydrogen-bond donors (Lipinski definition) is 3. The number of fused-ring (bicyclic) bond motifs is 2. The van der Waals surface area contributed by atoms with Gasteiger partial charge in [-0.1, -0.05) is 19.1 Å². The lowest BCUT2D eigenvalue weighted by atomic mass is 9.43. The third-order valence-corrected chi connectivity index (χ3v) is 13.9. The molecule has 14 unspecified atom stereocenters. The number of para-hydroxylation sites is 1. The molecule has 12 heteroatoms. The molecule has 7 bridgehead atoms. The number of carbonyl (C=O) groups excluding carboxylic acids is 3. The van der Waals surface area contributed by atoms with Crippen LogP contribution in [0.2, 0.25) is 0 Å². The fourth-order valence-corrected chi connectivity index (χ4v) is 12.5. The van der Waals surface area contributed by atoms with Crippen LogP contribution < -0.4 is 10.2 Å². The van der Waals surface area contributed by atoms with Gasteiger partial charge in [-0.25, -0.2) is 9.69 Å². The highest BCUT2D eigenvalue weighted by Crippen LogP contribution is 2.79. The molecule has 5 aliphatic carbocycles. The first-order valence-corrected chi connectivity index (χ1v) is 16.9. The Morgan fingerprint density at radius 1 is 1.06 bits per heavy atom. The molecule has 1 aromatic carbocycles. The van der Waals surface area contributed by atoms with E-state index in [2.05, 4.69) is 5.32 Å². The SMILES string of the molecule is COC1CC2(O)C3C(OC)C1CC3C13C(OC)CCC4(COC(=O)c5ccccc5N5C(=O)CC(C)C5=O)CNC1C2(O)C(OC)C43. The summed E-state index contributed by atoms with van der Waals surface area (Å²) >= 11 is 0. The number of ether oxygens (including phenoxy) is 5. The van der Waals surface area contributed by atoms with E-state index in [-0.39, 0.29) is 84.5 Å². The number of aliphatic hydroxyl groups is 2. The second-order valence-corrected chi connectivity index (χ2v) is 15.3. The lowest BCUT2D eigenvalue weighted by Gasteiger charge is -2.67. The number of piperidine rings is 1. The molecule has 2 amide bonds. The zero-order chi connectivity index (χ0) is 33.3. The summed E-state index contributed by atoms with van der Waals surface area (Å²) in [6.45, 7) is 2.16. The Hall–Kier alpha value is -2.45. The molecular formula is C35H46N2O10. The van der Waals surface area contributed by atoms with Crippen LogP contribution in [0.3, 0.4) is 0 Å². The number of benzene rings is 1. The van der Waals surface area contributed by atoms with Gasteiger partial charge in [0.05, 0.1) is 48.3 Å². The molecule has 3 N–H and O–H groups in total. The lowest BCUT2D eigenvalue weighted by molar-refractivity contribution is -0.301. The van der Waals surface area contributed by atoms with E-state index in [1.165, 1.54) is 0 Å². The van der Waals surface area contributed by atoms with Gasteiger partial charge in [-0.05, 0) is 37.3 Å². The van der Waals surface area contributed by atoms with Crippen LogP contribution >= 0.6 is 0 Å². The van der Waals surface area contributed by atoms with Gasteiger partial charge >= 0.3 is 5.97 Å². The highest BCUT2D eigenvalue weighted by atomic mass is 16.5. The highest BCUT2D eigenvalue weighted by Gasteiger charge is 2.90. The van der Waals surface area contributed by atoms with Gasteiger partial charge in [0.25, 0.3) is 0 Å². The third kappa shape index (κ3) is 3.60. The van der Waals surface area contributed by atoms with E-state index in [0.717, 1.165) is 11.3 Å². The number of amides is 2. The van der Waals surface area contributed by atoms with Gasteiger partial charge in [0.2, 0.25) is 11.8 Å². The number of hydrogen-bond acceptors (Lipinski definition) is 11. The minimum absolute atomic E-state index is 0.0185. The van der Waals surface area contributed by atoms with Crippen molar-refractivity contribution >= 4 is 23.5 Å². The summed E-state index contributed by atoms with van der Waals surface area (Å²) in [4.78, 5) is 40.7. The topological polar surface area (TPSA) is 153 Å². The minimum Gasteiger partial charge on any atom is -0.461 e. The van der Waals surface area contributed by atoms with E-state index in [9.17, 15) is 24.6 Å². The van der Waals surface area contributed by atoms with Crippen molar-refractivity contribution in [3.63, 3.8) is 0 Å². The summed E-state index contributed by atoms with van der Waals surface area (Å²) in [6.07, 6.45) is 0.753. The Kier molecular flexibility index (Phi) is 7.12. The van der Waals surface area contributed by atoms with Gasteiger partial charge in [-0.3, -0.25) is 9.59 Å². The van der Waals surface area contributed by atoms with Gasteiger partial charge in [-0.2, -0.15) is 0 Å². The van der Waals surface area contributed by atoms with Crippen LogP contribution in [0.5, 0.6) is 0 Å². The average Bonchev–Trinajstić information content (AvgIpc) is 3.58. The van der Waals surface area contributed by atoms with Crippen LogP contribution in [0.15, 0.2) is 24.3 Å². The molecule has 2 aliphatic heterocycles. The van der Waals surface area contributed by atoms with Crippen molar-refractivity contribution in [2.75, 3.05) is 46.5 Å². The number of esters is 1. The summed E-state index contributed by atoms with van der Waals surface area (Å²) in [5.41, 5.74) is -4.22. The molecule has 2 saturated heterocycles. The molecule has 1 spiro atoms. The number of nitrogens with one attached hydrogen (secondary N) is 1. The predicted octanol–water partition coefficient (Wildman–Crippen LogP) is 1.30. The molecule has 47 heavy (non-hydrogen) atoms. The van der Waals surface area contributed by atoms with E-state index in [0.29, 0.717) is 19.4 Å². The molecule has 256 valence electrons. The summed E-state index contributed by atoms with van der Waals surface area (Å²) in [5.74, 6) is -2.50. The fourth-order valence-electron chi connectivity index (χ4n) is 12.5. The zero-order valence-electron chi connectivity index (χ0n) is 27.6. The summed E-state index contributed by atoms with van der Waals surface area (Å²) < 4.78 is 30.9. The number of carbonyl (C=O) groups is 3. The summed E-state index contributed by atoms with van der Waals surface area (Å²) in [6, 6.07) is 6.01. The lowest BCUT2D eigenvalue weighted by Crippen LogP contribution is -2.81. The normalized spacial score (nSPS) is 49.0. The van der Waals surface area contributed by atoms with Crippen LogP contribution in [-0.4, -0.2) is 111 Å². The van der Waals surface area contributed by atoms with E-state index in [1.807, 2.05) is 0 Å². The number of rotatable bonds is 8. The quantitative estimate of drug-likeness (QED) is 0.275. The average molecular weight is 655 g/mol. The Labute approximate surface area is 274 Å². The maximum Gasteiger partial charge on any atom is 0.340 e. The number of nitrogens with zero attached hydrogens (tertiary/aromatic N) is 1. The molecule has 0 radical (unpaired) electrons. The number of methoxy groups -OCH3 is 4.